The fourth-order valence-corrected chi connectivity index (χ4v) is 2.95. The number of ether oxygens (including phenoxy) is 1. The molecule has 1 aliphatic heterocycles. The van der Waals surface area contributed by atoms with Crippen LogP contribution in [0.1, 0.15) is 12.0 Å². The molecule has 1 aromatic carbocycles. The number of nitrogens with zero attached hydrogens (tertiary/aromatic N) is 2. The summed E-state index contributed by atoms with van der Waals surface area (Å²) in [5, 5.41) is 0.633. The maximum atomic E-state index is 12.4. The first-order chi connectivity index (χ1) is 9.99. The van der Waals surface area contributed by atoms with Crippen molar-refractivity contribution in [2.45, 2.75) is 18.9 Å². The van der Waals surface area contributed by atoms with Crippen LogP contribution in [-0.4, -0.2) is 62.5 Å². The number of likely N-dealkylation sites (N-methyl/N-ethyl adjacent to an activating group) is 2. The van der Waals surface area contributed by atoms with E-state index in [1.54, 1.807) is 13.2 Å². The van der Waals surface area contributed by atoms with E-state index in [1.807, 2.05) is 12.1 Å². The van der Waals surface area contributed by atoms with Crippen molar-refractivity contribution in [3.05, 3.63) is 28.8 Å². The predicted molar refractivity (Wildman–Crippen MR) is 85.2 cm³/mol. The number of piperazine rings is 1. The molecular weight excluding hydrogens is 288 g/mol. The number of hydrogen-bond acceptors (Lipinski definition) is 4. The molecule has 1 aliphatic rings. The van der Waals surface area contributed by atoms with Gasteiger partial charge in [-0.3, -0.25) is 4.79 Å². The zero-order chi connectivity index (χ0) is 15.4. The molecule has 0 bridgehead atoms. The predicted octanol–water partition coefficient (Wildman–Crippen LogP) is 2.10. The van der Waals surface area contributed by atoms with Gasteiger partial charge in [0.2, 0.25) is 0 Å². The molecule has 1 fully saturated rings. The number of carbonyl (C=O) groups excluding carboxylic acids is 1. The Hall–Kier alpha value is -1.10. The van der Waals surface area contributed by atoms with Crippen molar-refractivity contribution in [1.82, 2.24) is 9.80 Å². The van der Waals surface area contributed by atoms with Crippen molar-refractivity contribution in [3.63, 3.8) is 0 Å². The largest absolute Gasteiger partial charge is 0.496 e. The molecule has 1 atom stereocenters. The molecule has 1 aromatic rings. The van der Waals surface area contributed by atoms with Crippen molar-refractivity contribution in [2.75, 3.05) is 40.8 Å². The lowest BCUT2D eigenvalue weighted by Gasteiger charge is -2.37. The second-order valence-electron chi connectivity index (χ2n) is 5.77. The van der Waals surface area contributed by atoms with Crippen LogP contribution in [0.3, 0.4) is 0 Å². The lowest BCUT2D eigenvalue weighted by molar-refractivity contribution is -0.120. The van der Waals surface area contributed by atoms with Crippen molar-refractivity contribution in [3.8, 4) is 5.75 Å². The van der Waals surface area contributed by atoms with E-state index in [0.717, 1.165) is 30.9 Å². The number of benzene rings is 1. The van der Waals surface area contributed by atoms with Gasteiger partial charge in [-0.1, -0.05) is 11.6 Å². The number of halogens is 1. The van der Waals surface area contributed by atoms with Crippen molar-refractivity contribution >= 4 is 17.4 Å². The minimum absolute atomic E-state index is 0.225. The first-order valence-electron chi connectivity index (χ1n) is 7.22. The third-order valence-electron chi connectivity index (χ3n) is 4.07. The van der Waals surface area contributed by atoms with Crippen molar-refractivity contribution in [1.29, 1.82) is 0 Å². The summed E-state index contributed by atoms with van der Waals surface area (Å²) in [4.78, 5) is 16.9. The van der Waals surface area contributed by atoms with Gasteiger partial charge in [0.05, 0.1) is 7.11 Å². The Balaban J connectivity index is 2.00. The number of methoxy groups -OCH3 is 1. The molecule has 21 heavy (non-hydrogen) atoms. The van der Waals surface area contributed by atoms with E-state index < -0.39 is 0 Å². The van der Waals surface area contributed by atoms with Gasteiger partial charge in [-0.25, -0.2) is 0 Å². The highest BCUT2D eigenvalue weighted by Gasteiger charge is 2.24. The smallest absolute Gasteiger partial charge is 0.139 e. The summed E-state index contributed by atoms with van der Waals surface area (Å²) in [6, 6.07) is 5.69. The average molecular weight is 311 g/mol. The molecule has 1 unspecified atom stereocenters. The van der Waals surface area contributed by atoms with E-state index in [9.17, 15) is 4.79 Å². The second kappa shape index (κ2) is 7.25. The monoisotopic (exact) mass is 310 g/mol. The van der Waals surface area contributed by atoms with Gasteiger partial charge in [0.1, 0.15) is 11.5 Å². The first kappa shape index (κ1) is 16.3. The number of carbonyl (C=O) groups is 1. The lowest BCUT2D eigenvalue weighted by Crippen LogP contribution is -2.50. The van der Waals surface area contributed by atoms with Gasteiger partial charge in [-0.05, 0) is 32.3 Å². The Morgan fingerprint density at radius 1 is 1.38 bits per heavy atom. The number of rotatable bonds is 5. The molecular formula is C16H23ClN2O2. The molecule has 5 heteroatoms. The fourth-order valence-electron chi connectivity index (χ4n) is 2.75. The quantitative estimate of drug-likeness (QED) is 0.834. The van der Waals surface area contributed by atoms with E-state index in [1.165, 1.54) is 0 Å². The van der Waals surface area contributed by atoms with Crippen molar-refractivity contribution < 1.29 is 9.53 Å². The zero-order valence-corrected chi connectivity index (χ0v) is 13.7. The molecule has 1 saturated heterocycles. The Kier molecular flexibility index (Phi) is 5.62. The Labute approximate surface area is 131 Å². The SMILES string of the molecule is COc1ccc(Cl)cc1CC(=O)CC1CN(C)CCN1C. The third kappa shape index (κ3) is 4.43. The number of Topliss-reactive ketones (excluding diaryl/α,β-unsaturated/α-hetero) is 1. The second-order valence-corrected chi connectivity index (χ2v) is 6.21. The van der Waals surface area contributed by atoms with Gasteiger partial charge >= 0.3 is 0 Å². The molecule has 0 aliphatic carbocycles. The molecule has 116 valence electrons. The molecule has 4 nitrogen and oxygen atoms in total. The van der Waals surface area contributed by atoms with Gasteiger partial charge in [-0.15, -0.1) is 0 Å². The first-order valence-corrected chi connectivity index (χ1v) is 7.60. The zero-order valence-electron chi connectivity index (χ0n) is 12.9. The van der Waals surface area contributed by atoms with Crippen LogP contribution in [0.25, 0.3) is 0 Å². The minimum atomic E-state index is 0.225. The van der Waals surface area contributed by atoms with Gasteiger partial charge in [-0.2, -0.15) is 0 Å². The van der Waals surface area contributed by atoms with Crippen LogP contribution in [-0.2, 0) is 11.2 Å². The summed E-state index contributed by atoms with van der Waals surface area (Å²) in [5.41, 5.74) is 0.863. The fraction of sp³-hybridized carbons (Fsp3) is 0.562. The molecule has 0 aromatic heterocycles. The van der Waals surface area contributed by atoms with Crippen LogP contribution < -0.4 is 4.74 Å². The van der Waals surface area contributed by atoms with Crippen LogP contribution in [0.5, 0.6) is 5.75 Å². The highest BCUT2D eigenvalue weighted by molar-refractivity contribution is 6.30. The van der Waals surface area contributed by atoms with Crippen LogP contribution in [0.4, 0.5) is 0 Å². The van der Waals surface area contributed by atoms with Gasteiger partial charge in [0.25, 0.3) is 0 Å². The minimum Gasteiger partial charge on any atom is -0.496 e. The summed E-state index contributed by atoms with van der Waals surface area (Å²) in [5.74, 6) is 0.949. The molecule has 0 spiro atoms. The topological polar surface area (TPSA) is 32.8 Å². The van der Waals surface area contributed by atoms with Gasteiger partial charge in [0, 0.05) is 49.1 Å². The third-order valence-corrected chi connectivity index (χ3v) is 4.31. The number of ketones is 1. The van der Waals surface area contributed by atoms with Crippen LogP contribution in [0.2, 0.25) is 5.02 Å². The molecule has 0 amide bonds. The summed E-state index contributed by atoms with van der Waals surface area (Å²) < 4.78 is 5.30. The van der Waals surface area contributed by atoms with Gasteiger partial charge < -0.3 is 14.5 Å². The maximum Gasteiger partial charge on any atom is 0.139 e. The van der Waals surface area contributed by atoms with Crippen LogP contribution in [0, 0.1) is 0 Å². The van der Waals surface area contributed by atoms with E-state index in [2.05, 4.69) is 23.9 Å². The van der Waals surface area contributed by atoms with E-state index >= 15 is 0 Å². The summed E-state index contributed by atoms with van der Waals surface area (Å²) in [6.07, 6.45) is 0.939. The number of hydrogen-bond donors (Lipinski definition) is 0. The average Bonchev–Trinajstić information content (AvgIpc) is 2.43. The summed E-state index contributed by atoms with van der Waals surface area (Å²) in [6.45, 7) is 3.01. The highest BCUT2D eigenvalue weighted by atomic mass is 35.5. The summed E-state index contributed by atoms with van der Waals surface area (Å²) in [7, 11) is 5.80. The molecule has 1 heterocycles. The lowest BCUT2D eigenvalue weighted by atomic mass is 10.0. The maximum absolute atomic E-state index is 12.4. The Morgan fingerprint density at radius 3 is 2.86 bits per heavy atom. The normalized spacial score (nSPS) is 20.5. The van der Waals surface area contributed by atoms with E-state index in [4.69, 9.17) is 16.3 Å². The molecule has 0 radical (unpaired) electrons. The molecule has 2 rings (SSSR count). The highest BCUT2D eigenvalue weighted by Crippen LogP contribution is 2.24. The van der Waals surface area contributed by atoms with Crippen LogP contribution >= 0.6 is 11.6 Å². The Bertz CT molecular complexity index is 507. The standard InChI is InChI=1S/C16H23ClN2O2/c1-18-6-7-19(2)14(11-18)10-15(20)9-12-8-13(17)4-5-16(12)21-3/h4-5,8,14H,6-7,9-11H2,1-3H3. The van der Waals surface area contributed by atoms with Crippen LogP contribution in [0.15, 0.2) is 18.2 Å². The Morgan fingerprint density at radius 2 is 2.14 bits per heavy atom. The molecule has 0 N–H and O–H groups in total. The van der Waals surface area contributed by atoms with Crippen molar-refractivity contribution in [2.24, 2.45) is 0 Å². The van der Waals surface area contributed by atoms with Gasteiger partial charge in [0.15, 0.2) is 0 Å². The van der Waals surface area contributed by atoms with E-state index in [0.29, 0.717) is 23.9 Å². The molecule has 0 saturated carbocycles. The summed E-state index contributed by atoms with van der Waals surface area (Å²) >= 11 is 6.01. The van der Waals surface area contributed by atoms with E-state index in [-0.39, 0.29) is 5.78 Å².